The maximum atomic E-state index is 14.5. The number of rotatable bonds is 12. The Balaban J connectivity index is 1.89. The molecule has 0 amide bonds. The average molecular weight is 811 g/mol. The molecule has 0 aliphatic heterocycles. The molecule has 4 rings (SSSR count). The van der Waals surface area contributed by atoms with Crippen molar-refractivity contribution in [3.05, 3.63) is 117 Å². The van der Waals surface area contributed by atoms with Gasteiger partial charge in [-0.2, -0.15) is 0 Å². The smallest absolute Gasteiger partial charge is 0.314 e. The van der Waals surface area contributed by atoms with Crippen molar-refractivity contribution in [2.45, 2.75) is 135 Å². The van der Waals surface area contributed by atoms with Gasteiger partial charge in [0.05, 0.1) is 38.1 Å². The molecule has 0 radical (unpaired) electrons. The van der Waals surface area contributed by atoms with E-state index in [0.29, 0.717) is 44.5 Å². The summed E-state index contributed by atoms with van der Waals surface area (Å²) in [6, 6.07) is 20.8. The van der Waals surface area contributed by atoms with E-state index in [-0.39, 0.29) is 55.7 Å². The first kappa shape index (κ1) is 46.8. The molecule has 0 heterocycles. The van der Waals surface area contributed by atoms with Gasteiger partial charge in [-0.3, -0.25) is 9.59 Å². The first-order valence-corrected chi connectivity index (χ1v) is 20.3. The summed E-state index contributed by atoms with van der Waals surface area (Å²) in [6.07, 6.45) is -0.638. The van der Waals surface area contributed by atoms with Crippen LogP contribution >= 0.6 is 0 Å². The number of carbonyl (C=O) groups excluding carboxylic acids is 2. The molecule has 0 unspecified atom stereocenters. The Labute approximate surface area is 351 Å². The van der Waals surface area contributed by atoms with Crippen LogP contribution in [0.2, 0.25) is 0 Å². The first-order valence-electron chi connectivity index (χ1n) is 20.3. The van der Waals surface area contributed by atoms with Crippen molar-refractivity contribution in [2.24, 2.45) is 0 Å². The quantitative estimate of drug-likeness (QED) is 0.0535. The van der Waals surface area contributed by atoms with Crippen molar-refractivity contribution in [1.82, 2.24) is 0 Å². The van der Waals surface area contributed by atoms with Gasteiger partial charge >= 0.3 is 11.9 Å². The molecule has 0 aliphatic rings. The largest absolute Gasteiger partial charge is 0.508 e. The summed E-state index contributed by atoms with van der Waals surface area (Å²) < 4.78 is 11.9. The van der Waals surface area contributed by atoms with Crippen molar-refractivity contribution in [3.63, 3.8) is 0 Å². The van der Waals surface area contributed by atoms with Crippen LogP contribution in [0.25, 0.3) is 0 Å². The second-order valence-electron chi connectivity index (χ2n) is 20.3. The lowest BCUT2D eigenvalue weighted by Gasteiger charge is -2.36. The van der Waals surface area contributed by atoms with Gasteiger partial charge in [0, 0.05) is 5.41 Å². The summed E-state index contributed by atoms with van der Waals surface area (Å²) in [6.45, 7) is 25.2. The molecule has 4 aromatic carbocycles. The minimum Gasteiger partial charge on any atom is -0.508 e. The van der Waals surface area contributed by atoms with E-state index in [9.17, 15) is 35.1 Å². The number of aliphatic hydroxyl groups is 1. The van der Waals surface area contributed by atoms with Crippen LogP contribution in [0.5, 0.6) is 23.0 Å². The van der Waals surface area contributed by atoms with Crippen LogP contribution in [0.1, 0.15) is 147 Å². The molecular weight excluding hydrogens is 745 g/mol. The highest BCUT2D eigenvalue weighted by Gasteiger charge is 2.42. The number of phenols is 4. The van der Waals surface area contributed by atoms with Gasteiger partial charge in [0.15, 0.2) is 0 Å². The SMILES string of the molecule is CC(C)(C)c1cc(C(C)(CC(=O)OC(=O)CC(COCCO)(c2ccc(O)c(C(C)(C)C)c2)c2ccc(O)c(C(C)(C)C)c2)c2ccc(O)c(C(C)(C)C)c2)ccc1O. The number of aliphatic hydroxyl groups excluding tert-OH is 1. The highest BCUT2D eigenvalue weighted by molar-refractivity contribution is 5.88. The van der Waals surface area contributed by atoms with E-state index in [1.807, 2.05) is 114 Å². The third-order valence-corrected chi connectivity index (χ3v) is 11.4. The van der Waals surface area contributed by atoms with Crippen LogP contribution in [-0.4, -0.2) is 57.3 Å². The summed E-state index contributed by atoms with van der Waals surface area (Å²) in [4.78, 5) is 28.8. The van der Waals surface area contributed by atoms with Gasteiger partial charge in [-0.25, -0.2) is 0 Å². The zero-order chi connectivity index (χ0) is 44.5. The number of phenolic OH excluding ortho intramolecular Hbond substituents is 4. The summed E-state index contributed by atoms with van der Waals surface area (Å²) in [5.74, 6) is -1.22. The van der Waals surface area contributed by atoms with Crippen molar-refractivity contribution < 1.29 is 44.6 Å². The molecule has 0 spiro atoms. The summed E-state index contributed by atoms with van der Waals surface area (Å²) in [5.41, 5.74) is 0.988. The average Bonchev–Trinajstić information content (AvgIpc) is 3.09. The molecule has 320 valence electrons. The number of hydrogen-bond donors (Lipinski definition) is 5. The molecule has 5 N–H and O–H groups in total. The van der Waals surface area contributed by atoms with Gasteiger partial charge in [0.25, 0.3) is 0 Å². The van der Waals surface area contributed by atoms with Gasteiger partial charge in [0.1, 0.15) is 23.0 Å². The highest BCUT2D eigenvalue weighted by Crippen LogP contribution is 2.46. The van der Waals surface area contributed by atoms with E-state index in [2.05, 4.69) is 0 Å². The Morgan fingerprint density at radius 2 is 0.780 bits per heavy atom. The van der Waals surface area contributed by atoms with Crippen LogP contribution in [0.15, 0.2) is 72.8 Å². The zero-order valence-corrected chi connectivity index (χ0v) is 37.3. The molecule has 0 saturated carbocycles. The van der Waals surface area contributed by atoms with Crippen molar-refractivity contribution in [3.8, 4) is 23.0 Å². The van der Waals surface area contributed by atoms with Crippen LogP contribution in [0.4, 0.5) is 0 Å². The molecule has 9 heteroatoms. The number of ether oxygens (including phenoxy) is 2. The molecule has 0 saturated heterocycles. The highest BCUT2D eigenvalue weighted by atomic mass is 16.6. The van der Waals surface area contributed by atoms with Gasteiger partial charge in [-0.05, 0) is 90.4 Å². The van der Waals surface area contributed by atoms with Crippen LogP contribution in [-0.2, 0) is 51.6 Å². The number of benzene rings is 4. The van der Waals surface area contributed by atoms with E-state index >= 15 is 0 Å². The number of esters is 2. The second kappa shape index (κ2) is 17.0. The normalized spacial score (nSPS) is 13.1. The van der Waals surface area contributed by atoms with E-state index in [0.717, 1.165) is 0 Å². The van der Waals surface area contributed by atoms with Crippen LogP contribution < -0.4 is 0 Å². The first-order chi connectivity index (χ1) is 27.0. The van der Waals surface area contributed by atoms with Crippen molar-refractivity contribution in [1.29, 1.82) is 0 Å². The van der Waals surface area contributed by atoms with Gasteiger partial charge in [-0.15, -0.1) is 0 Å². The minimum absolute atomic E-state index is 0.0329. The number of hydrogen-bond acceptors (Lipinski definition) is 9. The van der Waals surface area contributed by atoms with Gasteiger partial charge in [-0.1, -0.05) is 139 Å². The van der Waals surface area contributed by atoms with Crippen LogP contribution in [0.3, 0.4) is 0 Å². The fourth-order valence-corrected chi connectivity index (χ4v) is 7.83. The summed E-state index contributed by atoms with van der Waals surface area (Å²) in [5, 5.41) is 53.6. The van der Waals surface area contributed by atoms with E-state index < -0.39 is 44.4 Å². The maximum absolute atomic E-state index is 14.5. The Bertz CT molecular complexity index is 2030. The molecule has 0 aromatic heterocycles. The van der Waals surface area contributed by atoms with E-state index in [1.54, 1.807) is 48.5 Å². The molecule has 0 bridgehead atoms. The number of aromatic hydroxyl groups is 4. The van der Waals surface area contributed by atoms with E-state index in [1.165, 1.54) is 0 Å². The predicted molar refractivity (Wildman–Crippen MR) is 233 cm³/mol. The second-order valence-corrected chi connectivity index (χ2v) is 20.3. The monoisotopic (exact) mass is 810 g/mol. The Morgan fingerprint density at radius 3 is 1.10 bits per heavy atom. The van der Waals surface area contributed by atoms with E-state index in [4.69, 9.17) is 9.47 Å². The lowest BCUT2D eigenvalue weighted by Crippen LogP contribution is -2.38. The molecule has 4 aromatic rings. The number of carbonyl (C=O) groups is 2. The minimum atomic E-state index is -1.31. The molecule has 0 aliphatic carbocycles. The van der Waals surface area contributed by atoms with Crippen molar-refractivity contribution >= 4 is 11.9 Å². The summed E-state index contributed by atoms with van der Waals surface area (Å²) in [7, 11) is 0. The molecule has 0 fully saturated rings. The zero-order valence-electron chi connectivity index (χ0n) is 37.3. The fraction of sp³-hybridized carbons (Fsp3) is 0.480. The standard InChI is InChI=1S/C50H66O9/c1-45(2,3)35-24-31(14-18-39(35)52)49(13,32-15-19-40(53)36(25-32)46(4,5)6)28-43(56)59-44(57)29-50(30-58-23-22-51,33-16-20-41(54)37(26-33)47(7,8)9)34-17-21-42(55)38(27-34)48(10,11)12/h14-21,24-27,51-55H,22-23,28-30H2,1-13H3. The summed E-state index contributed by atoms with van der Waals surface area (Å²) >= 11 is 0. The van der Waals surface area contributed by atoms with Gasteiger partial charge in [0.2, 0.25) is 0 Å². The van der Waals surface area contributed by atoms with Gasteiger partial charge < -0.3 is 35.0 Å². The third-order valence-electron chi connectivity index (χ3n) is 11.4. The lowest BCUT2D eigenvalue weighted by atomic mass is 9.69. The molecule has 59 heavy (non-hydrogen) atoms. The molecule has 0 atom stereocenters. The van der Waals surface area contributed by atoms with Crippen LogP contribution in [0, 0.1) is 0 Å². The fourth-order valence-electron chi connectivity index (χ4n) is 7.83. The Morgan fingerprint density at radius 1 is 0.475 bits per heavy atom. The molecular formula is C50H66O9. The Hall–Kier alpha value is -4.86. The Kier molecular flexibility index (Phi) is 13.5. The molecule has 9 nitrogen and oxygen atoms in total. The maximum Gasteiger partial charge on any atom is 0.314 e. The lowest BCUT2D eigenvalue weighted by molar-refractivity contribution is -0.161. The topological polar surface area (TPSA) is 154 Å². The predicted octanol–water partition coefficient (Wildman–Crippen LogP) is 9.85. The van der Waals surface area contributed by atoms with Crippen molar-refractivity contribution in [2.75, 3.05) is 19.8 Å². The third kappa shape index (κ3) is 10.5.